The van der Waals surface area contributed by atoms with Crippen LogP contribution in [0.3, 0.4) is 0 Å². The van der Waals surface area contributed by atoms with Crippen LogP contribution in [0.5, 0.6) is 0 Å². The summed E-state index contributed by atoms with van der Waals surface area (Å²) in [6.45, 7) is 5.54. The number of para-hydroxylation sites is 3. The fourth-order valence-electron chi connectivity index (χ4n) is 6.06. The molecule has 164 valence electrons. The Bertz CT molecular complexity index is 1310. The van der Waals surface area contributed by atoms with Gasteiger partial charge >= 0.3 is 0 Å². The monoisotopic (exact) mass is 428 g/mol. The summed E-state index contributed by atoms with van der Waals surface area (Å²) in [6, 6.07) is 16.0. The lowest BCUT2D eigenvalue weighted by Gasteiger charge is -2.32. The molecule has 6 nitrogen and oxygen atoms in total. The first kappa shape index (κ1) is 19.6. The number of carbonyl (C=O) groups is 1. The Balaban J connectivity index is 1.26. The molecule has 6 rings (SSSR count). The number of benzene rings is 2. The van der Waals surface area contributed by atoms with Crippen LogP contribution >= 0.6 is 0 Å². The van der Waals surface area contributed by atoms with Gasteiger partial charge in [0.25, 0.3) is 5.91 Å². The summed E-state index contributed by atoms with van der Waals surface area (Å²) < 4.78 is 6.13. The molecule has 0 radical (unpaired) electrons. The molecule has 2 aliphatic carbocycles. The van der Waals surface area contributed by atoms with Crippen molar-refractivity contribution < 1.29 is 9.21 Å². The van der Waals surface area contributed by atoms with Gasteiger partial charge < -0.3 is 19.6 Å². The minimum Gasteiger partial charge on any atom is -0.459 e. The van der Waals surface area contributed by atoms with Crippen molar-refractivity contribution in [2.75, 3.05) is 6.54 Å². The van der Waals surface area contributed by atoms with E-state index >= 15 is 0 Å². The summed E-state index contributed by atoms with van der Waals surface area (Å²) >= 11 is 0. The predicted octanol–water partition coefficient (Wildman–Crippen LogP) is 4.93. The highest BCUT2D eigenvalue weighted by Crippen LogP contribution is 2.63. The molecule has 2 heterocycles. The first-order valence-corrected chi connectivity index (χ1v) is 11.6. The molecule has 1 amide bonds. The van der Waals surface area contributed by atoms with Crippen molar-refractivity contribution in [3.63, 3.8) is 0 Å². The van der Waals surface area contributed by atoms with Gasteiger partial charge in [0.15, 0.2) is 5.82 Å². The Morgan fingerprint density at radius 2 is 2.00 bits per heavy atom. The van der Waals surface area contributed by atoms with Gasteiger partial charge in [-0.15, -0.1) is 0 Å². The van der Waals surface area contributed by atoms with E-state index in [9.17, 15) is 4.79 Å². The molecular weight excluding hydrogens is 400 g/mol. The van der Waals surface area contributed by atoms with Gasteiger partial charge in [-0.2, -0.15) is 0 Å². The quantitative estimate of drug-likeness (QED) is 0.456. The number of hydrogen-bond donors (Lipinski definition) is 2. The molecule has 2 aromatic heterocycles. The van der Waals surface area contributed by atoms with Crippen LogP contribution in [0.2, 0.25) is 0 Å². The molecule has 0 aliphatic heterocycles. The van der Waals surface area contributed by atoms with Crippen LogP contribution in [-0.4, -0.2) is 38.4 Å². The van der Waals surface area contributed by atoms with Gasteiger partial charge in [-0.25, -0.2) is 4.98 Å². The number of hydrogen-bond acceptors (Lipinski definition) is 4. The van der Waals surface area contributed by atoms with Crippen molar-refractivity contribution >= 4 is 27.9 Å². The first-order chi connectivity index (χ1) is 15.6. The van der Waals surface area contributed by atoms with Gasteiger partial charge in [0.05, 0.1) is 23.1 Å². The molecule has 2 saturated carbocycles. The van der Waals surface area contributed by atoms with E-state index in [0.29, 0.717) is 18.9 Å². The number of carbonyl (C=O) groups excluding carboxylic acids is 1. The average Bonchev–Trinajstić information content (AvgIpc) is 3.14. The third-order valence-electron chi connectivity index (χ3n) is 7.75. The first-order valence-electron chi connectivity index (χ1n) is 11.6. The number of fused-ring (bicyclic) bond motifs is 3. The standard InChI is InChI=1S/C26H28N4O2/c1-3-30(24(31)23-28-19-10-5-6-11-20(19)29-23)26-14-8-13-25(26,16-26)27-15-22-17(2)18-9-4-7-12-21(18)32-22/h4-7,9-12,27H,3,8,13-16H2,1-2H3,(H,28,29)/t25-,26+/m0/s1. The van der Waals surface area contributed by atoms with Crippen LogP contribution in [0, 0.1) is 6.92 Å². The Kier molecular flexibility index (Phi) is 4.24. The molecule has 2 N–H and O–H groups in total. The molecule has 2 atom stereocenters. The zero-order valence-electron chi connectivity index (χ0n) is 18.6. The van der Waals surface area contributed by atoms with E-state index in [0.717, 1.165) is 48.1 Å². The normalized spacial score (nSPS) is 24.2. The van der Waals surface area contributed by atoms with Crippen molar-refractivity contribution in [3.05, 3.63) is 65.7 Å². The van der Waals surface area contributed by atoms with Crippen molar-refractivity contribution in [2.45, 2.75) is 57.2 Å². The number of H-pyrrole nitrogens is 1. The smallest absolute Gasteiger partial charge is 0.290 e. The van der Waals surface area contributed by atoms with E-state index in [1.54, 1.807) is 0 Å². The van der Waals surface area contributed by atoms with Crippen LogP contribution in [-0.2, 0) is 6.54 Å². The lowest BCUT2D eigenvalue weighted by Crippen LogP contribution is -2.49. The van der Waals surface area contributed by atoms with E-state index in [4.69, 9.17) is 4.42 Å². The van der Waals surface area contributed by atoms with Gasteiger partial charge in [-0.05, 0) is 63.3 Å². The number of aromatic nitrogens is 2. The van der Waals surface area contributed by atoms with Crippen LogP contribution in [0.4, 0.5) is 0 Å². The van der Waals surface area contributed by atoms with E-state index in [1.807, 2.05) is 42.5 Å². The molecule has 32 heavy (non-hydrogen) atoms. The maximum atomic E-state index is 13.5. The highest BCUT2D eigenvalue weighted by atomic mass is 16.3. The largest absolute Gasteiger partial charge is 0.459 e. The molecule has 2 aliphatic rings. The molecule has 0 bridgehead atoms. The Morgan fingerprint density at radius 1 is 1.19 bits per heavy atom. The maximum Gasteiger partial charge on any atom is 0.290 e. The predicted molar refractivity (Wildman–Crippen MR) is 125 cm³/mol. The summed E-state index contributed by atoms with van der Waals surface area (Å²) in [6.07, 6.45) is 4.21. The van der Waals surface area contributed by atoms with Gasteiger partial charge in [0.2, 0.25) is 0 Å². The number of rotatable bonds is 6. The third-order valence-corrected chi connectivity index (χ3v) is 7.75. The molecular formula is C26H28N4O2. The summed E-state index contributed by atoms with van der Waals surface area (Å²) in [5.74, 6) is 1.41. The number of aromatic amines is 1. The van der Waals surface area contributed by atoms with Crippen molar-refractivity contribution in [1.29, 1.82) is 0 Å². The highest BCUT2D eigenvalue weighted by molar-refractivity contribution is 5.95. The third kappa shape index (κ3) is 2.69. The number of nitrogens with one attached hydrogen (secondary N) is 2. The Labute approximate surface area is 187 Å². The van der Waals surface area contributed by atoms with Gasteiger partial charge in [-0.3, -0.25) is 4.79 Å². The lowest BCUT2D eigenvalue weighted by molar-refractivity contribution is 0.0624. The summed E-state index contributed by atoms with van der Waals surface area (Å²) in [7, 11) is 0. The number of nitrogens with zero attached hydrogens (tertiary/aromatic N) is 2. The van der Waals surface area contributed by atoms with Crippen LogP contribution in [0.15, 0.2) is 52.9 Å². The molecule has 6 heteroatoms. The minimum atomic E-state index is -0.141. The molecule has 0 saturated heterocycles. The number of imidazole rings is 1. The van der Waals surface area contributed by atoms with Crippen LogP contribution in [0.25, 0.3) is 22.0 Å². The Hall–Kier alpha value is -3.12. The topological polar surface area (TPSA) is 74.2 Å². The maximum absolute atomic E-state index is 13.5. The summed E-state index contributed by atoms with van der Waals surface area (Å²) in [5, 5.41) is 4.99. The molecule has 2 fully saturated rings. The van der Waals surface area contributed by atoms with E-state index in [1.165, 1.54) is 10.9 Å². The molecule has 2 aromatic carbocycles. The SMILES string of the molecule is CCN(C(=O)c1nc2ccccc2[nH]1)[C@@]12CCC[C@]1(NCc1oc3ccccc3c1C)C2. The highest BCUT2D eigenvalue weighted by Gasteiger charge is 2.73. The second-order valence-corrected chi connectivity index (χ2v) is 9.30. The Morgan fingerprint density at radius 3 is 2.81 bits per heavy atom. The second-order valence-electron chi connectivity index (χ2n) is 9.30. The molecule has 0 spiro atoms. The number of furan rings is 1. The fraction of sp³-hybridized carbons (Fsp3) is 0.385. The summed E-state index contributed by atoms with van der Waals surface area (Å²) in [4.78, 5) is 23.4. The number of amides is 1. The van der Waals surface area contributed by atoms with E-state index < -0.39 is 0 Å². The van der Waals surface area contributed by atoms with E-state index in [-0.39, 0.29) is 17.0 Å². The van der Waals surface area contributed by atoms with Crippen molar-refractivity contribution in [1.82, 2.24) is 20.2 Å². The lowest BCUT2D eigenvalue weighted by atomic mass is 10.1. The average molecular weight is 429 g/mol. The molecule has 4 aromatic rings. The van der Waals surface area contributed by atoms with Crippen molar-refractivity contribution in [3.8, 4) is 0 Å². The minimum absolute atomic E-state index is 0.00538. The fourth-order valence-corrected chi connectivity index (χ4v) is 6.06. The number of aryl methyl sites for hydroxylation is 1. The zero-order chi connectivity index (χ0) is 21.9. The van der Waals surface area contributed by atoms with Gasteiger partial charge in [-0.1, -0.05) is 30.3 Å². The number of likely N-dealkylation sites (N-methyl/N-ethyl adjacent to an activating group) is 1. The van der Waals surface area contributed by atoms with Crippen LogP contribution in [0.1, 0.15) is 54.5 Å². The van der Waals surface area contributed by atoms with Crippen molar-refractivity contribution in [2.24, 2.45) is 0 Å². The van der Waals surface area contributed by atoms with E-state index in [2.05, 4.69) is 40.1 Å². The van der Waals surface area contributed by atoms with Crippen LogP contribution < -0.4 is 5.32 Å². The second kappa shape index (κ2) is 6.94. The van der Waals surface area contributed by atoms with Gasteiger partial charge in [0, 0.05) is 17.5 Å². The molecule has 0 unspecified atom stereocenters. The van der Waals surface area contributed by atoms with Gasteiger partial charge in [0.1, 0.15) is 11.3 Å². The summed E-state index contributed by atoms with van der Waals surface area (Å²) in [5.41, 5.74) is 3.67. The zero-order valence-corrected chi connectivity index (χ0v) is 18.6.